The van der Waals surface area contributed by atoms with Crippen LogP contribution in [0.1, 0.15) is 12.8 Å². The van der Waals surface area contributed by atoms with E-state index in [4.69, 9.17) is 4.43 Å². The molecule has 2 heteroatoms. The number of fused-ring (bicyclic) bond motifs is 2. The van der Waals surface area contributed by atoms with Gasteiger partial charge in [-0.05, 0) is 47.5 Å². The Bertz CT molecular complexity index is 640. The first-order valence-electron chi connectivity index (χ1n) is 8.69. The van der Waals surface area contributed by atoms with Gasteiger partial charge in [0.05, 0.1) is 0 Å². The Morgan fingerprint density at radius 1 is 0.870 bits per heavy atom. The highest BCUT2D eigenvalue weighted by molar-refractivity contribution is 6.96. The third-order valence-corrected chi connectivity index (χ3v) is 9.27. The van der Waals surface area contributed by atoms with Crippen LogP contribution in [0.4, 0.5) is 0 Å². The molecule has 2 unspecified atom stereocenters. The van der Waals surface area contributed by atoms with Crippen LogP contribution in [-0.4, -0.2) is 14.9 Å². The molecule has 118 valence electrons. The minimum Gasteiger partial charge on any atom is -0.408 e. The normalized spacial score (nSPS) is 25.9. The topological polar surface area (TPSA) is 9.23 Å². The average molecular weight is 321 g/mol. The summed E-state index contributed by atoms with van der Waals surface area (Å²) in [6.07, 6.45) is 7.50. The fraction of sp³-hybridized carbons (Fsp3) is 0.333. The first-order chi connectivity index (χ1) is 11.3. The molecule has 2 bridgehead atoms. The fourth-order valence-electron chi connectivity index (χ4n) is 4.21. The van der Waals surface area contributed by atoms with Crippen molar-refractivity contribution in [3.8, 4) is 0 Å². The Hall–Kier alpha value is -1.64. The van der Waals surface area contributed by atoms with Crippen molar-refractivity contribution in [1.82, 2.24) is 0 Å². The molecule has 0 amide bonds. The molecule has 0 N–H and O–H groups in total. The van der Waals surface area contributed by atoms with Gasteiger partial charge in [0, 0.05) is 6.61 Å². The molecule has 1 saturated carbocycles. The van der Waals surface area contributed by atoms with Gasteiger partial charge in [-0.15, -0.1) is 0 Å². The smallest absolute Gasteiger partial charge is 0.252 e. The highest BCUT2D eigenvalue weighted by atomic mass is 28.4. The van der Waals surface area contributed by atoms with E-state index in [9.17, 15) is 0 Å². The Kier molecular flexibility index (Phi) is 3.96. The SMILES string of the molecule is C[Si](OCC1C[C@H]2C=CC1C2)(c1ccccc1)c1ccccc1. The van der Waals surface area contributed by atoms with Gasteiger partial charge in [-0.2, -0.15) is 0 Å². The lowest BCUT2D eigenvalue weighted by Gasteiger charge is -2.31. The van der Waals surface area contributed by atoms with Gasteiger partial charge in [-0.25, -0.2) is 0 Å². The van der Waals surface area contributed by atoms with E-state index in [1.807, 2.05) is 0 Å². The van der Waals surface area contributed by atoms with Crippen LogP contribution in [-0.2, 0) is 4.43 Å². The lowest BCUT2D eigenvalue weighted by Crippen LogP contribution is -2.58. The monoisotopic (exact) mass is 320 g/mol. The Balaban J connectivity index is 1.59. The minimum atomic E-state index is -2.12. The van der Waals surface area contributed by atoms with Crippen LogP contribution in [0, 0.1) is 17.8 Å². The van der Waals surface area contributed by atoms with E-state index in [2.05, 4.69) is 79.4 Å². The zero-order chi connectivity index (χ0) is 15.7. The number of allylic oxidation sites excluding steroid dienone is 2. The number of rotatable bonds is 5. The molecule has 23 heavy (non-hydrogen) atoms. The number of hydrogen-bond acceptors (Lipinski definition) is 1. The van der Waals surface area contributed by atoms with Crippen LogP contribution in [0.15, 0.2) is 72.8 Å². The summed E-state index contributed by atoms with van der Waals surface area (Å²) in [6, 6.07) is 21.6. The summed E-state index contributed by atoms with van der Waals surface area (Å²) in [5, 5.41) is 2.73. The molecule has 2 aliphatic carbocycles. The lowest BCUT2D eigenvalue weighted by molar-refractivity contribution is 0.227. The Labute approximate surface area is 140 Å². The van der Waals surface area contributed by atoms with E-state index in [1.54, 1.807) is 0 Å². The van der Waals surface area contributed by atoms with Crippen molar-refractivity contribution in [2.75, 3.05) is 6.61 Å². The molecule has 0 heterocycles. The van der Waals surface area contributed by atoms with Gasteiger partial charge >= 0.3 is 0 Å². The molecule has 1 nitrogen and oxygen atoms in total. The average Bonchev–Trinajstić information content (AvgIpc) is 3.24. The predicted molar refractivity (Wildman–Crippen MR) is 98.6 cm³/mol. The predicted octanol–water partition coefficient (Wildman–Crippen LogP) is 3.60. The Morgan fingerprint density at radius 3 is 1.96 bits per heavy atom. The van der Waals surface area contributed by atoms with Gasteiger partial charge in [-0.1, -0.05) is 72.8 Å². The van der Waals surface area contributed by atoms with Crippen LogP contribution in [0.25, 0.3) is 0 Å². The first kappa shape index (κ1) is 14.9. The maximum Gasteiger partial charge on any atom is 0.252 e. The molecule has 2 aromatic rings. The quantitative estimate of drug-likeness (QED) is 0.604. The summed E-state index contributed by atoms with van der Waals surface area (Å²) in [7, 11) is -2.12. The summed E-state index contributed by atoms with van der Waals surface area (Å²) in [4.78, 5) is 0. The maximum absolute atomic E-state index is 6.74. The van der Waals surface area contributed by atoms with Crippen LogP contribution >= 0.6 is 0 Å². The maximum atomic E-state index is 6.74. The van der Waals surface area contributed by atoms with E-state index in [1.165, 1.54) is 23.2 Å². The number of benzene rings is 2. The highest BCUT2D eigenvalue weighted by Crippen LogP contribution is 2.43. The molecule has 0 aliphatic heterocycles. The van der Waals surface area contributed by atoms with E-state index in [0.717, 1.165) is 18.4 Å². The molecule has 4 rings (SSSR count). The summed E-state index contributed by atoms with van der Waals surface area (Å²) < 4.78 is 6.74. The fourth-order valence-corrected chi connectivity index (χ4v) is 7.08. The zero-order valence-corrected chi connectivity index (χ0v) is 14.7. The molecule has 0 spiro atoms. The van der Waals surface area contributed by atoms with Crippen molar-refractivity contribution in [3.05, 3.63) is 72.8 Å². The largest absolute Gasteiger partial charge is 0.408 e. The third kappa shape index (κ3) is 2.82. The summed E-state index contributed by atoms with van der Waals surface area (Å²) in [6.45, 7) is 3.25. The van der Waals surface area contributed by atoms with Crippen molar-refractivity contribution in [3.63, 3.8) is 0 Å². The van der Waals surface area contributed by atoms with Crippen molar-refractivity contribution in [1.29, 1.82) is 0 Å². The second-order valence-corrected chi connectivity index (χ2v) is 10.6. The number of hydrogen-bond donors (Lipinski definition) is 0. The first-order valence-corrected chi connectivity index (χ1v) is 11.1. The van der Waals surface area contributed by atoms with Crippen molar-refractivity contribution < 1.29 is 4.43 Å². The van der Waals surface area contributed by atoms with Crippen LogP contribution in [0.2, 0.25) is 6.55 Å². The molecular formula is C21H24OSi. The molecule has 0 saturated heterocycles. The third-order valence-electron chi connectivity index (χ3n) is 5.65. The van der Waals surface area contributed by atoms with Gasteiger partial charge in [0.1, 0.15) is 0 Å². The molecule has 0 radical (unpaired) electrons. The zero-order valence-electron chi connectivity index (χ0n) is 13.7. The van der Waals surface area contributed by atoms with Gasteiger partial charge in [-0.3, -0.25) is 0 Å². The highest BCUT2D eigenvalue weighted by Gasteiger charge is 2.39. The summed E-state index contributed by atoms with van der Waals surface area (Å²) in [5.41, 5.74) is 0. The van der Waals surface area contributed by atoms with E-state index < -0.39 is 8.32 Å². The minimum absolute atomic E-state index is 0.712. The van der Waals surface area contributed by atoms with Crippen molar-refractivity contribution in [2.45, 2.75) is 19.4 Å². The van der Waals surface area contributed by atoms with Gasteiger partial charge in [0.2, 0.25) is 0 Å². The molecule has 0 aromatic heterocycles. The van der Waals surface area contributed by atoms with Crippen LogP contribution < -0.4 is 10.4 Å². The van der Waals surface area contributed by atoms with Gasteiger partial charge in [0.25, 0.3) is 8.32 Å². The van der Waals surface area contributed by atoms with E-state index >= 15 is 0 Å². The summed E-state index contributed by atoms with van der Waals surface area (Å²) >= 11 is 0. The molecule has 1 fully saturated rings. The van der Waals surface area contributed by atoms with Crippen LogP contribution in [0.5, 0.6) is 0 Å². The van der Waals surface area contributed by atoms with E-state index in [-0.39, 0.29) is 0 Å². The lowest BCUT2D eigenvalue weighted by atomic mass is 9.95. The molecule has 2 aromatic carbocycles. The van der Waals surface area contributed by atoms with Crippen LogP contribution in [0.3, 0.4) is 0 Å². The van der Waals surface area contributed by atoms with E-state index in [0.29, 0.717) is 5.92 Å². The summed E-state index contributed by atoms with van der Waals surface area (Å²) in [5.74, 6) is 2.28. The van der Waals surface area contributed by atoms with Crippen molar-refractivity contribution in [2.24, 2.45) is 17.8 Å². The molecule has 2 aliphatic rings. The van der Waals surface area contributed by atoms with Crippen molar-refractivity contribution >= 4 is 18.7 Å². The second kappa shape index (κ2) is 6.10. The Morgan fingerprint density at radius 2 is 1.48 bits per heavy atom. The van der Waals surface area contributed by atoms with Gasteiger partial charge in [0.15, 0.2) is 0 Å². The molecular weight excluding hydrogens is 296 g/mol. The standard InChI is InChI=1S/C21H24OSi/c1-23(20-8-4-2-5-9-20,21-10-6-3-7-11-21)22-16-19-15-17-12-13-18(19)14-17/h2-13,17-19H,14-16H2,1H3/t17-,18?,19?/m0/s1. The second-order valence-electron chi connectivity index (χ2n) is 7.12. The van der Waals surface area contributed by atoms with Gasteiger partial charge < -0.3 is 4.43 Å². The molecule has 3 atom stereocenters.